The number of carbonyl (C=O) groups is 2. The molecule has 1 heterocycles. The highest BCUT2D eigenvalue weighted by Gasteiger charge is 2.41. The Kier molecular flexibility index (Phi) is 11.8. The van der Waals surface area contributed by atoms with E-state index in [2.05, 4.69) is 0 Å². The summed E-state index contributed by atoms with van der Waals surface area (Å²) in [4.78, 5) is 28.8. The molecule has 292 valence electrons. The van der Waals surface area contributed by atoms with Gasteiger partial charge in [-0.25, -0.2) is 21.6 Å². The van der Waals surface area contributed by atoms with Crippen molar-refractivity contribution in [1.82, 2.24) is 9.21 Å². The minimum Gasteiger partial charge on any atom is -0.467 e. The lowest BCUT2D eigenvalue weighted by Crippen LogP contribution is -2.52. The Balaban J connectivity index is 1.36. The molecule has 6 rings (SSSR count). The van der Waals surface area contributed by atoms with Crippen LogP contribution in [0, 0.1) is 0 Å². The van der Waals surface area contributed by atoms with Crippen molar-refractivity contribution < 1.29 is 44.3 Å². The summed E-state index contributed by atoms with van der Waals surface area (Å²) < 4.78 is 99.5. The zero-order valence-corrected chi connectivity index (χ0v) is 32.2. The predicted octanol–water partition coefficient (Wildman–Crippen LogP) is 7.52. The van der Waals surface area contributed by atoms with Crippen molar-refractivity contribution in [2.75, 3.05) is 26.5 Å². The van der Waals surface area contributed by atoms with Gasteiger partial charge >= 0.3 is 12.1 Å². The summed E-state index contributed by atoms with van der Waals surface area (Å²) in [5, 5.41) is 0. The van der Waals surface area contributed by atoms with Crippen LogP contribution < -0.4 is 0 Å². The van der Waals surface area contributed by atoms with E-state index in [0.29, 0.717) is 29.5 Å². The summed E-state index contributed by atoms with van der Waals surface area (Å²) in [6.45, 7) is -0.180. The van der Waals surface area contributed by atoms with E-state index >= 15 is 0 Å². The number of halogens is 3. The van der Waals surface area contributed by atoms with E-state index in [-0.39, 0.29) is 34.9 Å². The van der Waals surface area contributed by atoms with Crippen molar-refractivity contribution in [3.8, 4) is 22.3 Å². The van der Waals surface area contributed by atoms with Gasteiger partial charge in [-0.1, -0.05) is 91.0 Å². The second kappa shape index (κ2) is 16.4. The minimum absolute atomic E-state index is 0.0213. The molecule has 0 radical (unpaired) electrons. The highest BCUT2D eigenvalue weighted by atomic mass is 32.2. The van der Waals surface area contributed by atoms with E-state index in [4.69, 9.17) is 4.74 Å². The lowest BCUT2D eigenvalue weighted by molar-refractivity contribution is -0.146. The van der Waals surface area contributed by atoms with Crippen LogP contribution in [0.4, 0.5) is 13.2 Å². The lowest BCUT2D eigenvalue weighted by Gasteiger charge is -2.35. The number of rotatable bonds is 12. The molecular weight excluding hydrogens is 766 g/mol. The van der Waals surface area contributed by atoms with Gasteiger partial charge in [0.15, 0.2) is 9.84 Å². The summed E-state index contributed by atoms with van der Waals surface area (Å²) in [6, 6.07) is 31.2. The van der Waals surface area contributed by atoms with Crippen LogP contribution in [0.2, 0.25) is 0 Å². The largest absolute Gasteiger partial charge is 0.467 e. The zero-order chi connectivity index (χ0) is 40.3. The number of esters is 1. The van der Waals surface area contributed by atoms with Gasteiger partial charge in [0.05, 0.1) is 17.6 Å². The Labute approximate surface area is 324 Å². The van der Waals surface area contributed by atoms with Crippen molar-refractivity contribution >= 4 is 31.7 Å². The first kappa shape index (κ1) is 40.4. The molecule has 5 aromatic rings. The van der Waals surface area contributed by atoms with Crippen LogP contribution in [0.1, 0.15) is 34.3 Å². The Morgan fingerprint density at radius 1 is 0.750 bits per heavy atom. The Morgan fingerprint density at radius 2 is 1.27 bits per heavy atom. The van der Waals surface area contributed by atoms with Crippen molar-refractivity contribution in [3.05, 3.63) is 144 Å². The number of methoxy groups -OCH3 is 1. The first-order chi connectivity index (χ1) is 26.6. The maximum Gasteiger partial charge on any atom is 0.416 e. The topological polar surface area (TPSA) is 118 Å². The molecule has 0 aliphatic carbocycles. The second-order valence-electron chi connectivity index (χ2n) is 13.5. The molecule has 0 aromatic heterocycles. The first-order valence-corrected chi connectivity index (χ1v) is 21.0. The Bertz CT molecular complexity index is 2410. The molecule has 14 heteroatoms. The number of alkyl halides is 3. The van der Waals surface area contributed by atoms with Gasteiger partial charge in [0, 0.05) is 37.4 Å². The SMILES string of the molecule is COC(=O)[C@H](Cc1ccc(-c2ccccc2)cc1)N(C[C@H]1CCCN1S(=O)(=O)c1ccccc1S(C)(=O)=O)C(=O)c1ccc(-c2ccc(C(F)(F)F)cc2)cc1. The highest BCUT2D eigenvalue weighted by Crippen LogP contribution is 2.33. The summed E-state index contributed by atoms with van der Waals surface area (Å²) in [7, 11) is -7.13. The number of sulfone groups is 1. The molecule has 0 unspecified atom stereocenters. The fraction of sp³-hybridized carbons (Fsp3) is 0.238. The van der Waals surface area contributed by atoms with Gasteiger partial charge in [-0.05, 0) is 77.1 Å². The number of nitrogens with zero attached hydrogens (tertiary/aromatic N) is 2. The third-order valence-corrected chi connectivity index (χ3v) is 13.1. The molecule has 1 aliphatic heterocycles. The van der Waals surface area contributed by atoms with Gasteiger partial charge in [0.1, 0.15) is 10.9 Å². The number of benzene rings is 5. The van der Waals surface area contributed by atoms with E-state index in [1.807, 2.05) is 54.6 Å². The monoisotopic (exact) mass is 804 g/mol. The molecule has 5 aromatic carbocycles. The van der Waals surface area contributed by atoms with Gasteiger partial charge in [-0.3, -0.25) is 4.79 Å². The lowest BCUT2D eigenvalue weighted by atomic mass is 9.98. The molecule has 2 atom stereocenters. The second-order valence-corrected chi connectivity index (χ2v) is 17.4. The normalized spacial score (nSPS) is 15.6. The summed E-state index contributed by atoms with van der Waals surface area (Å²) in [6.07, 6.45) is -2.81. The number of hydrogen-bond acceptors (Lipinski definition) is 7. The maximum absolute atomic E-state index is 14.6. The number of carbonyl (C=O) groups excluding carboxylic acids is 2. The molecule has 1 saturated heterocycles. The van der Waals surface area contributed by atoms with Crippen LogP contribution >= 0.6 is 0 Å². The molecule has 0 N–H and O–H groups in total. The van der Waals surface area contributed by atoms with Crippen molar-refractivity contribution in [3.63, 3.8) is 0 Å². The van der Waals surface area contributed by atoms with Gasteiger partial charge < -0.3 is 9.64 Å². The standard InChI is InChI=1S/C42H39F3N2O7S2/c1-54-41(49)37(27-29-14-16-31(17-15-29)30-9-4-3-5-10-30)46(40(48)34-20-18-32(19-21-34)33-22-24-35(25-23-33)42(43,44)45)28-36-11-8-26-47(36)56(52,53)39-13-7-6-12-38(39)55(2,50)51/h3-7,9-10,12-25,36-37H,8,11,26-28H2,1-2H3/t36-,37+/m1/s1. The molecule has 1 fully saturated rings. The summed E-state index contributed by atoms with van der Waals surface area (Å²) in [5.41, 5.74) is 3.00. The van der Waals surface area contributed by atoms with E-state index < -0.39 is 55.6 Å². The van der Waals surface area contributed by atoms with Gasteiger partial charge in [0.2, 0.25) is 10.0 Å². The van der Waals surface area contributed by atoms with Crippen LogP contribution in [0.5, 0.6) is 0 Å². The molecule has 56 heavy (non-hydrogen) atoms. The van der Waals surface area contributed by atoms with Crippen LogP contribution in [-0.4, -0.2) is 76.5 Å². The number of ether oxygens (including phenoxy) is 1. The smallest absolute Gasteiger partial charge is 0.416 e. The third kappa shape index (κ3) is 8.88. The van der Waals surface area contributed by atoms with Crippen molar-refractivity contribution in [2.45, 2.75) is 47.3 Å². The van der Waals surface area contributed by atoms with Gasteiger partial charge in [-0.15, -0.1) is 0 Å². The van der Waals surface area contributed by atoms with E-state index in [1.165, 1.54) is 64.8 Å². The van der Waals surface area contributed by atoms with Crippen LogP contribution in [0.15, 0.2) is 137 Å². The first-order valence-electron chi connectivity index (χ1n) is 17.7. The molecular formula is C42H39F3N2O7S2. The van der Waals surface area contributed by atoms with E-state index in [9.17, 15) is 39.6 Å². The number of amides is 1. The molecule has 0 spiro atoms. The van der Waals surface area contributed by atoms with Gasteiger partial charge in [0.25, 0.3) is 5.91 Å². The molecule has 0 saturated carbocycles. The molecule has 0 bridgehead atoms. The van der Waals surface area contributed by atoms with Crippen LogP contribution in [0.3, 0.4) is 0 Å². The molecule has 1 amide bonds. The molecule has 9 nitrogen and oxygen atoms in total. The fourth-order valence-corrected chi connectivity index (χ4v) is 10.2. The van der Waals surface area contributed by atoms with Gasteiger partial charge in [-0.2, -0.15) is 17.5 Å². The number of hydrogen-bond donors (Lipinski definition) is 0. The van der Waals surface area contributed by atoms with Crippen LogP contribution in [-0.2, 0) is 42.0 Å². The zero-order valence-electron chi connectivity index (χ0n) is 30.5. The van der Waals surface area contributed by atoms with Crippen molar-refractivity contribution in [1.29, 1.82) is 0 Å². The minimum atomic E-state index is -4.50. The quantitative estimate of drug-likeness (QED) is 0.120. The van der Waals surface area contributed by atoms with E-state index in [1.54, 1.807) is 12.1 Å². The maximum atomic E-state index is 14.6. The highest BCUT2D eigenvalue weighted by molar-refractivity contribution is 7.93. The Hall–Kier alpha value is -5.31. The number of sulfonamides is 1. The predicted molar refractivity (Wildman–Crippen MR) is 206 cm³/mol. The Morgan fingerprint density at radius 3 is 1.82 bits per heavy atom. The summed E-state index contributed by atoms with van der Waals surface area (Å²) >= 11 is 0. The van der Waals surface area contributed by atoms with Crippen molar-refractivity contribution in [2.24, 2.45) is 0 Å². The molecule has 1 aliphatic rings. The average Bonchev–Trinajstić information content (AvgIpc) is 3.68. The summed E-state index contributed by atoms with van der Waals surface area (Å²) in [5.74, 6) is -1.34. The van der Waals surface area contributed by atoms with Crippen LogP contribution in [0.25, 0.3) is 22.3 Å². The third-order valence-electron chi connectivity index (χ3n) is 9.84. The fourth-order valence-electron chi connectivity index (χ4n) is 6.95. The van der Waals surface area contributed by atoms with E-state index in [0.717, 1.165) is 29.5 Å². The average molecular weight is 805 g/mol.